The molecule has 0 aliphatic carbocycles. The molecule has 100 valence electrons. The topological polar surface area (TPSA) is 57.0 Å². The minimum atomic E-state index is -0.389. The van der Waals surface area contributed by atoms with E-state index in [0.717, 1.165) is 10.3 Å². The van der Waals surface area contributed by atoms with Gasteiger partial charge in [0.15, 0.2) is 0 Å². The van der Waals surface area contributed by atoms with Crippen molar-refractivity contribution in [3.8, 4) is 5.69 Å². The Morgan fingerprint density at radius 3 is 2.79 bits per heavy atom. The largest absolute Gasteiger partial charge is 0.465 e. The average molecular weight is 324 g/mol. The maximum atomic E-state index is 11.9. The standard InChI is InChI=1S/C13H14BrN3O2/c1-8(2)12-16-15-7-17(12)11-5-4-9(14)6-10(11)13(18)19-3/h4-8H,1-3H3. The molecule has 0 N–H and O–H groups in total. The summed E-state index contributed by atoms with van der Waals surface area (Å²) in [7, 11) is 1.36. The molecule has 0 amide bonds. The quantitative estimate of drug-likeness (QED) is 0.815. The second-order valence-corrected chi connectivity index (χ2v) is 5.28. The fraction of sp³-hybridized carbons (Fsp3) is 0.308. The summed E-state index contributed by atoms with van der Waals surface area (Å²) in [6.45, 7) is 4.05. The van der Waals surface area contributed by atoms with Crippen LogP contribution in [0, 0.1) is 0 Å². The number of aromatic nitrogens is 3. The van der Waals surface area contributed by atoms with E-state index in [4.69, 9.17) is 4.74 Å². The van der Waals surface area contributed by atoms with Crippen LogP contribution >= 0.6 is 15.9 Å². The van der Waals surface area contributed by atoms with Crippen LogP contribution in [0.1, 0.15) is 35.9 Å². The highest BCUT2D eigenvalue weighted by Crippen LogP contribution is 2.24. The van der Waals surface area contributed by atoms with Gasteiger partial charge in [-0.2, -0.15) is 0 Å². The SMILES string of the molecule is COC(=O)c1cc(Br)ccc1-n1cnnc1C(C)C. The maximum absolute atomic E-state index is 11.9. The third-order valence-electron chi connectivity index (χ3n) is 2.71. The van der Waals surface area contributed by atoms with Crippen molar-refractivity contribution in [2.24, 2.45) is 0 Å². The van der Waals surface area contributed by atoms with Crippen molar-refractivity contribution in [1.29, 1.82) is 0 Å². The Morgan fingerprint density at radius 2 is 2.16 bits per heavy atom. The summed E-state index contributed by atoms with van der Waals surface area (Å²) in [6, 6.07) is 5.43. The van der Waals surface area contributed by atoms with E-state index in [1.54, 1.807) is 12.4 Å². The predicted molar refractivity (Wildman–Crippen MR) is 74.5 cm³/mol. The van der Waals surface area contributed by atoms with Gasteiger partial charge in [0.2, 0.25) is 0 Å². The normalized spacial score (nSPS) is 10.8. The van der Waals surface area contributed by atoms with E-state index in [9.17, 15) is 4.79 Å². The zero-order valence-electron chi connectivity index (χ0n) is 10.9. The number of hydrogen-bond acceptors (Lipinski definition) is 4. The molecular formula is C13H14BrN3O2. The van der Waals surface area contributed by atoms with E-state index >= 15 is 0 Å². The lowest BCUT2D eigenvalue weighted by Crippen LogP contribution is -2.10. The minimum absolute atomic E-state index is 0.205. The number of carbonyl (C=O) groups excluding carboxylic acids is 1. The maximum Gasteiger partial charge on any atom is 0.340 e. The molecule has 1 heterocycles. The Morgan fingerprint density at radius 1 is 1.42 bits per heavy atom. The molecule has 1 aromatic heterocycles. The van der Waals surface area contributed by atoms with Crippen LogP contribution in [0.4, 0.5) is 0 Å². The number of nitrogens with zero attached hydrogens (tertiary/aromatic N) is 3. The fourth-order valence-corrected chi connectivity index (χ4v) is 2.18. The number of benzene rings is 1. The van der Waals surface area contributed by atoms with E-state index < -0.39 is 0 Å². The molecule has 0 spiro atoms. The molecule has 2 rings (SSSR count). The molecule has 0 bridgehead atoms. The van der Waals surface area contributed by atoms with Gasteiger partial charge in [-0.15, -0.1) is 10.2 Å². The summed E-state index contributed by atoms with van der Waals surface area (Å²) in [5.41, 5.74) is 1.18. The lowest BCUT2D eigenvalue weighted by Gasteiger charge is -2.12. The Labute approximate surface area is 119 Å². The van der Waals surface area contributed by atoms with Crippen LogP contribution in [0.25, 0.3) is 5.69 Å². The second kappa shape index (κ2) is 5.52. The number of esters is 1. The summed E-state index contributed by atoms with van der Waals surface area (Å²) in [6.07, 6.45) is 1.60. The summed E-state index contributed by atoms with van der Waals surface area (Å²) in [4.78, 5) is 11.9. The van der Waals surface area contributed by atoms with Crippen LogP contribution in [-0.4, -0.2) is 27.8 Å². The van der Waals surface area contributed by atoms with Gasteiger partial charge in [0, 0.05) is 10.4 Å². The van der Waals surface area contributed by atoms with Gasteiger partial charge in [0.05, 0.1) is 18.4 Å². The van der Waals surface area contributed by atoms with Crippen molar-refractivity contribution in [3.63, 3.8) is 0 Å². The Bertz CT molecular complexity index is 608. The van der Waals surface area contributed by atoms with E-state index in [0.29, 0.717) is 11.3 Å². The lowest BCUT2D eigenvalue weighted by atomic mass is 10.1. The smallest absolute Gasteiger partial charge is 0.340 e. The summed E-state index contributed by atoms with van der Waals surface area (Å²) >= 11 is 3.36. The first kappa shape index (κ1) is 13.7. The molecule has 0 aliphatic heterocycles. The van der Waals surface area contributed by atoms with Crippen molar-refractivity contribution in [3.05, 3.63) is 40.4 Å². The zero-order chi connectivity index (χ0) is 14.0. The number of hydrogen-bond donors (Lipinski definition) is 0. The number of rotatable bonds is 3. The first-order valence-electron chi connectivity index (χ1n) is 5.82. The third-order valence-corrected chi connectivity index (χ3v) is 3.21. The van der Waals surface area contributed by atoms with Crippen molar-refractivity contribution in [2.75, 3.05) is 7.11 Å². The van der Waals surface area contributed by atoms with Gasteiger partial charge in [-0.1, -0.05) is 29.8 Å². The Kier molecular flexibility index (Phi) is 3.99. The molecule has 0 fully saturated rings. The fourth-order valence-electron chi connectivity index (χ4n) is 1.81. The molecule has 0 unspecified atom stereocenters. The lowest BCUT2D eigenvalue weighted by molar-refractivity contribution is 0.0600. The van der Waals surface area contributed by atoms with Crippen LogP contribution in [0.2, 0.25) is 0 Å². The van der Waals surface area contributed by atoms with E-state index in [1.165, 1.54) is 7.11 Å². The molecule has 2 aromatic rings. The van der Waals surface area contributed by atoms with Gasteiger partial charge in [-0.05, 0) is 18.2 Å². The number of halogens is 1. The van der Waals surface area contributed by atoms with Crippen LogP contribution in [0.15, 0.2) is 29.0 Å². The number of ether oxygens (including phenoxy) is 1. The van der Waals surface area contributed by atoms with E-state index in [-0.39, 0.29) is 11.9 Å². The molecule has 1 aromatic carbocycles. The number of methoxy groups -OCH3 is 1. The van der Waals surface area contributed by atoms with Crippen molar-refractivity contribution >= 4 is 21.9 Å². The van der Waals surface area contributed by atoms with Gasteiger partial charge >= 0.3 is 5.97 Å². The molecule has 0 aliphatic rings. The van der Waals surface area contributed by atoms with Crippen molar-refractivity contribution in [1.82, 2.24) is 14.8 Å². The minimum Gasteiger partial charge on any atom is -0.465 e. The van der Waals surface area contributed by atoms with E-state index in [1.807, 2.05) is 30.5 Å². The Balaban J connectivity index is 2.61. The molecule has 0 atom stereocenters. The molecule has 0 radical (unpaired) electrons. The highest BCUT2D eigenvalue weighted by atomic mass is 79.9. The predicted octanol–water partition coefficient (Wildman–Crippen LogP) is 2.94. The number of carbonyl (C=O) groups is 1. The summed E-state index contributed by atoms with van der Waals surface area (Å²) in [5.74, 6) is 0.615. The molecule has 5 nitrogen and oxygen atoms in total. The second-order valence-electron chi connectivity index (χ2n) is 4.37. The van der Waals surface area contributed by atoms with Crippen LogP contribution in [0.5, 0.6) is 0 Å². The summed E-state index contributed by atoms with van der Waals surface area (Å²) < 4.78 is 7.44. The van der Waals surface area contributed by atoms with Gasteiger partial charge in [0.1, 0.15) is 12.2 Å². The first-order valence-corrected chi connectivity index (χ1v) is 6.62. The highest BCUT2D eigenvalue weighted by molar-refractivity contribution is 9.10. The van der Waals surface area contributed by atoms with Gasteiger partial charge in [0.25, 0.3) is 0 Å². The van der Waals surface area contributed by atoms with Gasteiger partial charge < -0.3 is 4.74 Å². The van der Waals surface area contributed by atoms with Gasteiger partial charge in [-0.3, -0.25) is 4.57 Å². The van der Waals surface area contributed by atoms with Crippen LogP contribution < -0.4 is 0 Å². The van der Waals surface area contributed by atoms with Crippen LogP contribution in [0.3, 0.4) is 0 Å². The third kappa shape index (κ3) is 2.68. The van der Waals surface area contributed by atoms with Crippen molar-refractivity contribution in [2.45, 2.75) is 19.8 Å². The van der Waals surface area contributed by atoms with Crippen molar-refractivity contribution < 1.29 is 9.53 Å². The highest BCUT2D eigenvalue weighted by Gasteiger charge is 2.17. The molecule has 19 heavy (non-hydrogen) atoms. The molecule has 6 heteroatoms. The monoisotopic (exact) mass is 323 g/mol. The molecular weight excluding hydrogens is 310 g/mol. The summed E-state index contributed by atoms with van der Waals surface area (Å²) in [5, 5.41) is 8.01. The first-order chi connectivity index (χ1) is 9.04. The Hall–Kier alpha value is -1.69. The van der Waals surface area contributed by atoms with Gasteiger partial charge in [-0.25, -0.2) is 4.79 Å². The zero-order valence-corrected chi connectivity index (χ0v) is 12.5. The molecule has 0 saturated carbocycles. The van der Waals surface area contributed by atoms with Crippen LogP contribution in [-0.2, 0) is 4.74 Å². The average Bonchev–Trinajstić information content (AvgIpc) is 2.87. The van der Waals surface area contributed by atoms with E-state index in [2.05, 4.69) is 26.1 Å². The molecule has 0 saturated heterocycles.